The average molecular weight is 267 g/mol. The Balaban J connectivity index is 1.92. The molecule has 0 aliphatic rings. The van der Waals surface area contributed by atoms with Crippen molar-refractivity contribution in [3.63, 3.8) is 0 Å². The number of nitrogens with zero attached hydrogens (tertiary/aromatic N) is 1. The van der Waals surface area contributed by atoms with Crippen molar-refractivity contribution in [1.82, 2.24) is 9.97 Å². The van der Waals surface area contributed by atoms with Gasteiger partial charge in [0, 0.05) is 18.3 Å². The molecule has 0 aromatic carbocycles. The Labute approximate surface area is 113 Å². The van der Waals surface area contributed by atoms with Crippen molar-refractivity contribution >= 4 is 11.6 Å². The maximum Gasteiger partial charge on any atom is 0.181 e. The third-order valence-corrected chi connectivity index (χ3v) is 3.85. The summed E-state index contributed by atoms with van der Waals surface area (Å²) in [6.07, 6.45) is 7.49. The van der Waals surface area contributed by atoms with Crippen LogP contribution in [0.1, 0.15) is 55.5 Å². The first-order chi connectivity index (χ1) is 8.59. The second-order valence-electron chi connectivity index (χ2n) is 4.94. The van der Waals surface area contributed by atoms with Gasteiger partial charge in [-0.05, 0) is 31.2 Å². The fourth-order valence-corrected chi connectivity index (χ4v) is 2.61. The van der Waals surface area contributed by atoms with Gasteiger partial charge in [-0.2, -0.15) is 0 Å². The van der Waals surface area contributed by atoms with E-state index in [1.165, 1.54) is 12.0 Å². The van der Waals surface area contributed by atoms with Crippen LogP contribution in [0.15, 0.2) is 23.2 Å². The highest BCUT2D eigenvalue weighted by Crippen LogP contribution is 2.31. The van der Waals surface area contributed by atoms with Gasteiger partial charge in [0.25, 0.3) is 0 Å². The molecule has 0 bridgehead atoms. The molecule has 0 saturated heterocycles. The van der Waals surface area contributed by atoms with Gasteiger partial charge in [-0.15, -0.1) is 0 Å². The minimum Gasteiger partial charge on any atom is -0.448 e. The van der Waals surface area contributed by atoms with E-state index in [0.29, 0.717) is 11.8 Å². The third-order valence-electron chi connectivity index (χ3n) is 3.52. The smallest absolute Gasteiger partial charge is 0.181 e. The van der Waals surface area contributed by atoms with Crippen molar-refractivity contribution in [2.24, 2.45) is 0 Å². The number of halogens is 1. The van der Waals surface area contributed by atoms with E-state index in [4.69, 9.17) is 16.0 Å². The molecule has 0 saturated carbocycles. The predicted octanol–water partition coefficient (Wildman–Crippen LogP) is 4.65. The molecule has 2 unspecified atom stereocenters. The van der Waals surface area contributed by atoms with Gasteiger partial charge in [-0.1, -0.05) is 25.4 Å². The largest absolute Gasteiger partial charge is 0.448 e. The summed E-state index contributed by atoms with van der Waals surface area (Å²) in [6, 6.07) is 0. The van der Waals surface area contributed by atoms with Gasteiger partial charge in [0.2, 0.25) is 0 Å². The minimum atomic E-state index is 0.396. The second kappa shape index (κ2) is 5.61. The predicted molar refractivity (Wildman–Crippen MR) is 73.1 cm³/mol. The molecule has 3 nitrogen and oxygen atoms in total. The number of H-pyrrole nitrogens is 1. The lowest BCUT2D eigenvalue weighted by Gasteiger charge is -2.14. The first-order valence-corrected chi connectivity index (χ1v) is 6.69. The molecule has 0 aliphatic carbocycles. The lowest BCUT2D eigenvalue weighted by Crippen LogP contribution is -1.99. The van der Waals surface area contributed by atoms with E-state index in [9.17, 15) is 0 Å². The molecular formula is C14H19ClN2O. The highest BCUT2D eigenvalue weighted by Gasteiger charge is 2.16. The average Bonchev–Trinajstić information content (AvgIpc) is 2.94. The van der Waals surface area contributed by atoms with Crippen LogP contribution >= 0.6 is 11.6 Å². The zero-order valence-electron chi connectivity index (χ0n) is 11.0. The Hall–Kier alpha value is -1.22. The Morgan fingerprint density at radius 1 is 1.28 bits per heavy atom. The normalized spacial score (nSPS) is 14.7. The van der Waals surface area contributed by atoms with Crippen LogP contribution in [0.25, 0.3) is 0 Å². The maximum atomic E-state index is 6.11. The van der Waals surface area contributed by atoms with Crippen LogP contribution in [0.4, 0.5) is 0 Å². The van der Waals surface area contributed by atoms with E-state index in [0.717, 1.165) is 29.3 Å². The van der Waals surface area contributed by atoms with E-state index < -0.39 is 0 Å². The first-order valence-electron chi connectivity index (χ1n) is 6.31. The maximum absolute atomic E-state index is 6.11. The van der Waals surface area contributed by atoms with E-state index in [1.54, 1.807) is 0 Å². The molecule has 0 aliphatic heterocycles. The molecule has 0 fully saturated rings. The highest BCUT2D eigenvalue weighted by molar-refractivity contribution is 6.31. The molecule has 2 rings (SSSR count). The second-order valence-corrected chi connectivity index (χ2v) is 5.35. The Bertz CT molecular complexity index is 457. The molecule has 2 heterocycles. The lowest BCUT2D eigenvalue weighted by atomic mass is 9.92. The monoisotopic (exact) mass is 266 g/mol. The lowest BCUT2D eigenvalue weighted by molar-refractivity contribution is 0.442. The van der Waals surface area contributed by atoms with E-state index in [-0.39, 0.29) is 0 Å². The Morgan fingerprint density at radius 2 is 2.00 bits per heavy atom. The molecule has 0 amide bonds. The summed E-state index contributed by atoms with van der Waals surface area (Å²) in [4.78, 5) is 7.18. The summed E-state index contributed by atoms with van der Waals surface area (Å²) in [6.45, 7) is 6.37. The fraction of sp³-hybridized carbons (Fsp3) is 0.500. The van der Waals surface area contributed by atoms with Crippen LogP contribution in [-0.4, -0.2) is 9.97 Å². The topological polar surface area (TPSA) is 41.8 Å². The van der Waals surface area contributed by atoms with Gasteiger partial charge < -0.3 is 9.40 Å². The molecule has 98 valence electrons. The van der Waals surface area contributed by atoms with Crippen LogP contribution in [-0.2, 0) is 0 Å². The highest BCUT2D eigenvalue weighted by atomic mass is 35.5. The fourth-order valence-electron chi connectivity index (χ4n) is 2.30. The molecule has 2 aromatic rings. The van der Waals surface area contributed by atoms with Gasteiger partial charge in [-0.3, -0.25) is 0 Å². The summed E-state index contributed by atoms with van der Waals surface area (Å²) in [7, 11) is 0. The molecule has 1 N–H and O–H groups in total. The number of oxazole rings is 1. The van der Waals surface area contributed by atoms with Crippen molar-refractivity contribution in [2.45, 2.75) is 45.4 Å². The van der Waals surface area contributed by atoms with Crippen molar-refractivity contribution in [2.75, 3.05) is 0 Å². The summed E-state index contributed by atoms with van der Waals surface area (Å²) >= 11 is 6.11. The van der Waals surface area contributed by atoms with Gasteiger partial charge in [0.15, 0.2) is 6.39 Å². The number of aryl methyl sites for hydroxylation is 1. The molecule has 4 heteroatoms. The minimum absolute atomic E-state index is 0.396. The molecular weight excluding hydrogens is 248 g/mol. The molecule has 2 aromatic heterocycles. The zero-order chi connectivity index (χ0) is 13.1. The number of hydrogen-bond donors (Lipinski definition) is 1. The summed E-state index contributed by atoms with van der Waals surface area (Å²) < 4.78 is 5.43. The summed E-state index contributed by atoms with van der Waals surface area (Å²) in [5, 5.41) is 0.825. The number of rotatable bonds is 5. The number of nitrogens with one attached hydrogen (secondary N) is 1. The van der Waals surface area contributed by atoms with Gasteiger partial charge >= 0.3 is 0 Å². The summed E-state index contributed by atoms with van der Waals surface area (Å²) in [5.41, 5.74) is 2.19. The van der Waals surface area contributed by atoms with Gasteiger partial charge in [-0.25, -0.2) is 4.98 Å². The van der Waals surface area contributed by atoms with Crippen molar-refractivity contribution < 1.29 is 4.42 Å². The zero-order valence-corrected chi connectivity index (χ0v) is 11.8. The van der Waals surface area contributed by atoms with E-state index >= 15 is 0 Å². The van der Waals surface area contributed by atoms with Gasteiger partial charge in [0.05, 0.1) is 10.7 Å². The number of aromatic amines is 1. The molecule has 2 atom stereocenters. The molecule has 0 radical (unpaired) electrons. The van der Waals surface area contributed by atoms with Crippen LogP contribution in [0.3, 0.4) is 0 Å². The quantitative estimate of drug-likeness (QED) is 0.856. The third kappa shape index (κ3) is 2.78. The number of hydrogen-bond acceptors (Lipinski definition) is 2. The van der Waals surface area contributed by atoms with Crippen LogP contribution < -0.4 is 0 Å². The van der Waals surface area contributed by atoms with Crippen molar-refractivity contribution in [1.29, 1.82) is 0 Å². The first kappa shape index (κ1) is 13.2. The number of aromatic nitrogens is 2. The van der Waals surface area contributed by atoms with Crippen molar-refractivity contribution in [3.8, 4) is 0 Å². The van der Waals surface area contributed by atoms with E-state index in [2.05, 4.69) is 23.8 Å². The van der Waals surface area contributed by atoms with Crippen molar-refractivity contribution in [3.05, 3.63) is 40.8 Å². The van der Waals surface area contributed by atoms with Crippen LogP contribution in [0, 0.1) is 6.92 Å². The molecule has 0 spiro atoms. The SMILES string of the molecule is Cc1ncoc1C(C)CCC(C)c1c[nH]cc1Cl. The van der Waals surface area contributed by atoms with E-state index in [1.807, 2.05) is 19.3 Å². The van der Waals surface area contributed by atoms with Crippen LogP contribution in [0.5, 0.6) is 0 Å². The molecule has 18 heavy (non-hydrogen) atoms. The van der Waals surface area contributed by atoms with Gasteiger partial charge in [0.1, 0.15) is 5.76 Å². The standard InChI is InChI=1S/C14H19ClN2O/c1-9(12-6-16-7-13(12)15)4-5-10(2)14-11(3)17-8-18-14/h6-10,16H,4-5H2,1-3H3. The Kier molecular flexibility index (Phi) is 4.12. The Morgan fingerprint density at radius 3 is 2.56 bits per heavy atom. The summed E-state index contributed by atoms with van der Waals surface area (Å²) in [5.74, 6) is 1.85. The van der Waals surface area contributed by atoms with Crippen LogP contribution in [0.2, 0.25) is 5.02 Å².